The van der Waals surface area contributed by atoms with Gasteiger partial charge in [-0.25, -0.2) is 8.42 Å². The van der Waals surface area contributed by atoms with Gasteiger partial charge in [0.25, 0.3) is 5.91 Å². The molecule has 6 heteroatoms. The quantitative estimate of drug-likeness (QED) is 0.882. The molecule has 21 heavy (non-hydrogen) atoms. The first-order valence-corrected chi connectivity index (χ1v) is 9.10. The lowest BCUT2D eigenvalue weighted by atomic mass is 10.0. The number of carbonyl (C=O) groups excluding carboxylic acids is 1. The maximum absolute atomic E-state index is 12.8. The second-order valence-corrected chi connectivity index (χ2v) is 8.10. The predicted octanol–water partition coefficient (Wildman–Crippen LogP) is 0.912. The molecule has 2 aliphatic rings. The number of nitrogens with one attached hydrogen (secondary N) is 1. The van der Waals surface area contributed by atoms with Gasteiger partial charge in [-0.3, -0.25) is 4.79 Å². The molecule has 2 saturated heterocycles. The first-order chi connectivity index (χ1) is 9.88. The van der Waals surface area contributed by atoms with Crippen LogP contribution in [-0.2, 0) is 9.84 Å². The standard InChI is InChI=1S/C15H20N2O3S/c1-10-6-12-8-16-9-14(12)17(10)15(18)11-4-3-5-13(7-11)21(2,19)20/h3-5,7,10,12,14,16H,6,8-9H2,1-2H3. The van der Waals surface area contributed by atoms with Gasteiger partial charge in [0.05, 0.1) is 4.90 Å². The molecule has 0 saturated carbocycles. The van der Waals surface area contributed by atoms with Gasteiger partial charge in [0, 0.05) is 37.0 Å². The van der Waals surface area contributed by atoms with E-state index in [1.165, 1.54) is 12.1 Å². The monoisotopic (exact) mass is 308 g/mol. The number of fused-ring (bicyclic) bond motifs is 1. The Hall–Kier alpha value is -1.40. The van der Waals surface area contributed by atoms with E-state index >= 15 is 0 Å². The van der Waals surface area contributed by atoms with E-state index in [9.17, 15) is 13.2 Å². The van der Waals surface area contributed by atoms with Crippen LogP contribution in [0.15, 0.2) is 29.2 Å². The Morgan fingerprint density at radius 2 is 2.10 bits per heavy atom. The van der Waals surface area contributed by atoms with Crippen LogP contribution in [0.25, 0.3) is 0 Å². The molecule has 5 nitrogen and oxygen atoms in total. The molecular weight excluding hydrogens is 288 g/mol. The molecule has 0 aliphatic carbocycles. The molecule has 3 unspecified atom stereocenters. The fourth-order valence-corrected chi connectivity index (χ4v) is 4.19. The lowest BCUT2D eigenvalue weighted by Crippen LogP contribution is -2.42. The van der Waals surface area contributed by atoms with Crippen LogP contribution in [0, 0.1) is 5.92 Å². The van der Waals surface area contributed by atoms with E-state index in [1.807, 2.05) is 4.90 Å². The summed E-state index contributed by atoms with van der Waals surface area (Å²) in [7, 11) is -3.30. The smallest absolute Gasteiger partial charge is 0.254 e. The molecule has 1 N–H and O–H groups in total. The summed E-state index contributed by atoms with van der Waals surface area (Å²) in [5.41, 5.74) is 0.456. The largest absolute Gasteiger partial charge is 0.331 e. The zero-order valence-electron chi connectivity index (χ0n) is 12.2. The number of hydrogen-bond donors (Lipinski definition) is 1. The first-order valence-electron chi connectivity index (χ1n) is 7.21. The highest BCUT2D eigenvalue weighted by molar-refractivity contribution is 7.90. The molecule has 1 aromatic carbocycles. The molecule has 0 spiro atoms. The highest BCUT2D eigenvalue weighted by atomic mass is 32.2. The Balaban J connectivity index is 1.92. The van der Waals surface area contributed by atoms with Crippen molar-refractivity contribution in [1.82, 2.24) is 10.2 Å². The average Bonchev–Trinajstić information content (AvgIpc) is 2.97. The van der Waals surface area contributed by atoms with Crippen molar-refractivity contribution in [1.29, 1.82) is 0 Å². The van der Waals surface area contributed by atoms with Crippen LogP contribution in [-0.4, -0.2) is 50.7 Å². The molecular formula is C15H20N2O3S. The van der Waals surface area contributed by atoms with Crippen LogP contribution in [0.4, 0.5) is 0 Å². The lowest BCUT2D eigenvalue weighted by Gasteiger charge is -2.27. The second-order valence-electron chi connectivity index (χ2n) is 6.08. The summed E-state index contributed by atoms with van der Waals surface area (Å²) in [6, 6.07) is 6.78. The molecule has 2 heterocycles. The zero-order valence-corrected chi connectivity index (χ0v) is 13.1. The molecule has 0 radical (unpaired) electrons. The number of amides is 1. The Labute approximate surface area is 125 Å². The predicted molar refractivity (Wildman–Crippen MR) is 79.9 cm³/mol. The summed E-state index contributed by atoms with van der Waals surface area (Å²) in [6.45, 7) is 3.85. The molecule has 2 fully saturated rings. The van der Waals surface area contributed by atoms with E-state index in [4.69, 9.17) is 0 Å². The van der Waals surface area contributed by atoms with E-state index in [0.29, 0.717) is 11.5 Å². The minimum atomic E-state index is -3.30. The second kappa shape index (κ2) is 5.10. The fourth-order valence-electron chi connectivity index (χ4n) is 3.52. The third-order valence-corrected chi connectivity index (χ3v) is 5.63. The van der Waals surface area contributed by atoms with Gasteiger partial charge in [-0.15, -0.1) is 0 Å². The van der Waals surface area contributed by atoms with Crippen molar-refractivity contribution >= 4 is 15.7 Å². The Bertz CT molecular complexity index is 671. The number of likely N-dealkylation sites (tertiary alicyclic amines) is 1. The van der Waals surface area contributed by atoms with Crippen molar-refractivity contribution in [3.05, 3.63) is 29.8 Å². The van der Waals surface area contributed by atoms with Gasteiger partial charge in [0.15, 0.2) is 9.84 Å². The Kier molecular flexibility index (Phi) is 3.53. The van der Waals surface area contributed by atoms with Crippen molar-refractivity contribution < 1.29 is 13.2 Å². The van der Waals surface area contributed by atoms with E-state index in [1.54, 1.807) is 12.1 Å². The van der Waals surface area contributed by atoms with E-state index in [2.05, 4.69) is 12.2 Å². The van der Waals surface area contributed by atoms with Gasteiger partial charge >= 0.3 is 0 Å². The first kappa shape index (κ1) is 14.5. The molecule has 2 aliphatic heterocycles. The maximum Gasteiger partial charge on any atom is 0.254 e. The number of carbonyl (C=O) groups is 1. The number of nitrogens with zero attached hydrogens (tertiary/aromatic N) is 1. The summed E-state index contributed by atoms with van der Waals surface area (Å²) in [6.07, 6.45) is 2.17. The Morgan fingerprint density at radius 1 is 1.33 bits per heavy atom. The van der Waals surface area contributed by atoms with Crippen LogP contribution >= 0.6 is 0 Å². The van der Waals surface area contributed by atoms with Crippen molar-refractivity contribution in [2.75, 3.05) is 19.3 Å². The third kappa shape index (κ3) is 2.58. The topological polar surface area (TPSA) is 66.5 Å². The molecule has 3 rings (SSSR count). The minimum absolute atomic E-state index is 0.0656. The van der Waals surface area contributed by atoms with Gasteiger partial charge in [-0.05, 0) is 37.5 Å². The van der Waals surface area contributed by atoms with E-state index in [-0.39, 0.29) is 22.9 Å². The fraction of sp³-hybridized carbons (Fsp3) is 0.533. The highest BCUT2D eigenvalue weighted by Crippen LogP contribution is 2.33. The third-order valence-electron chi connectivity index (χ3n) is 4.52. The summed E-state index contributed by atoms with van der Waals surface area (Å²) < 4.78 is 23.3. The van der Waals surface area contributed by atoms with Gasteiger partial charge in [-0.1, -0.05) is 6.07 Å². The minimum Gasteiger partial charge on any atom is -0.331 e. The van der Waals surface area contributed by atoms with Gasteiger partial charge < -0.3 is 10.2 Å². The summed E-state index contributed by atoms with van der Waals surface area (Å²) in [4.78, 5) is 14.9. The van der Waals surface area contributed by atoms with Crippen LogP contribution in [0.3, 0.4) is 0 Å². The molecule has 0 bridgehead atoms. The number of benzene rings is 1. The van der Waals surface area contributed by atoms with Crippen molar-refractivity contribution in [2.45, 2.75) is 30.3 Å². The summed E-state index contributed by atoms with van der Waals surface area (Å²) in [5.74, 6) is 0.450. The Morgan fingerprint density at radius 3 is 2.81 bits per heavy atom. The van der Waals surface area contributed by atoms with Crippen LogP contribution in [0.2, 0.25) is 0 Å². The summed E-state index contributed by atoms with van der Waals surface area (Å²) >= 11 is 0. The molecule has 1 aromatic rings. The molecule has 1 amide bonds. The lowest BCUT2D eigenvalue weighted by molar-refractivity contribution is 0.0682. The highest BCUT2D eigenvalue weighted by Gasteiger charge is 2.44. The van der Waals surface area contributed by atoms with Crippen LogP contribution < -0.4 is 5.32 Å². The van der Waals surface area contributed by atoms with Crippen molar-refractivity contribution in [2.24, 2.45) is 5.92 Å². The molecule has 3 atom stereocenters. The SMILES string of the molecule is CC1CC2CNCC2N1C(=O)c1cccc(S(C)(=O)=O)c1. The van der Waals surface area contributed by atoms with Gasteiger partial charge in [0.2, 0.25) is 0 Å². The average molecular weight is 308 g/mol. The molecule has 0 aromatic heterocycles. The number of hydrogen-bond acceptors (Lipinski definition) is 4. The van der Waals surface area contributed by atoms with Gasteiger partial charge in [-0.2, -0.15) is 0 Å². The van der Waals surface area contributed by atoms with E-state index < -0.39 is 9.84 Å². The van der Waals surface area contributed by atoms with Crippen molar-refractivity contribution in [3.63, 3.8) is 0 Å². The van der Waals surface area contributed by atoms with Crippen LogP contribution in [0.1, 0.15) is 23.7 Å². The van der Waals surface area contributed by atoms with Gasteiger partial charge in [0.1, 0.15) is 0 Å². The summed E-state index contributed by atoms with van der Waals surface area (Å²) in [5, 5.41) is 3.33. The zero-order chi connectivity index (χ0) is 15.2. The number of sulfone groups is 1. The maximum atomic E-state index is 12.8. The molecule has 114 valence electrons. The normalized spacial score (nSPS) is 28.7. The van der Waals surface area contributed by atoms with Crippen LogP contribution in [0.5, 0.6) is 0 Å². The van der Waals surface area contributed by atoms with Crippen molar-refractivity contribution in [3.8, 4) is 0 Å². The van der Waals surface area contributed by atoms with E-state index in [0.717, 1.165) is 25.8 Å². The number of rotatable bonds is 2.